The maximum atomic E-state index is 9.92. The molecule has 1 saturated carbocycles. The maximum absolute atomic E-state index is 9.92. The van der Waals surface area contributed by atoms with Gasteiger partial charge in [-0.05, 0) is 63.0 Å². The zero-order chi connectivity index (χ0) is 10.4. The summed E-state index contributed by atoms with van der Waals surface area (Å²) in [6.07, 6.45) is 2.13. The lowest BCUT2D eigenvalue weighted by Gasteiger charge is -2.18. The van der Waals surface area contributed by atoms with Gasteiger partial charge in [0.25, 0.3) is 0 Å². The van der Waals surface area contributed by atoms with Gasteiger partial charge in [-0.1, -0.05) is 19.9 Å². The molecule has 0 aromatic rings. The average molecular weight is 312 g/mol. The molecule has 0 spiro atoms. The molecule has 1 N–H and O–H groups in total. The van der Waals surface area contributed by atoms with Crippen LogP contribution in [-0.4, -0.2) is 10.7 Å². The molecule has 0 heterocycles. The SMILES string of the molecule is CC(C)(O)C1C(C=C(Br)Br)C1(C)C. The highest BCUT2D eigenvalue weighted by molar-refractivity contribution is 9.28. The van der Waals surface area contributed by atoms with Crippen LogP contribution in [0.5, 0.6) is 0 Å². The predicted molar refractivity (Wildman–Crippen MR) is 63.0 cm³/mol. The first-order chi connectivity index (χ1) is 5.67. The number of hydrogen-bond donors (Lipinski definition) is 1. The van der Waals surface area contributed by atoms with Crippen LogP contribution >= 0.6 is 31.9 Å². The molecule has 0 aromatic heterocycles. The molecule has 76 valence electrons. The zero-order valence-corrected chi connectivity index (χ0v) is 11.6. The van der Waals surface area contributed by atoms with Crippen molar-refractivity contribution in [1.29, 1.82) is 0 Å². The Labute approximate surface area is 96.9 Å². The Balaban J connectivity index is 2.79. The summed E-state index contributed by atoms with van der Waals surface area (Å²) in [7, 11) is 0. The molecule has 0 radical (unpaired) electrons. The van der Waals surface area contributed by atoms with Crippen molar-refractivity contribution >= 4 is 31.9 Å². The third-order valence-electron chi connectivity index (χ3n) is 2.98. The smallest absolute Gasteiger partial charge is 0.0630 e. The number of halogens is 2. The fraction of sp³-hybridized carbons (Fsp3) is 0.800. The maximum Gasteiger partial charge on any atom is 0.0630 e. The van der Waals surface area contributed by atoms with E-state index < -0.39 is 5.60 Å². The van der Waals surface area contributed by atoms with Gasteiger partial charge in [-0.3, -0.25) is 0 Å². The molecule has 1 aliphatic carbocycles. The number of hydrogen-bond acceptors (Lipinski definition) is 1. The number of aliphatic hydroxyl groups is 1. The van der Waals surface area contributed by atoms with Crippen LogP contribution in [0.1, 0.15) is 27.7 Å². The molecule has 0 saturated heterocycles. The normalized spacial score (nSPS) is 31.3. The van der Waals surface area contributed by atoms with Crippen LogP contribution in [0.25, 0.3) is 0 Å². The van der Waals surface area contributed by atoms with Crippen LogP contribution < -0.4 is 0 Å². The van der Waals surface area contributed by atoms with Crippen LogP contribution in [0.15, 0.2) is 9.47 Å². The Morgan fingerprint density at radius 3 is 2.08 bits per heavy atom. The number of rotatable bonds is 2. The van der Waals surface area contributed by atoms with Crippen LogP contribution in [0.4, 0.5) is 0 Å². The van der Waals surface area contributed by atoms with Gasteiger partial charge in [0.1, 0.15) is 0 Å². The Hall–Kier alpha value is 0.660. The van der Waals surface area contributed by atoms with E-state index in [-0.39, 0.29) is 5.41 Å². The molecule has 1 fully saturated rings. The summed E-state index contributed by atoms with van der Waals surface area (Å²) in [5, 5.41) is 9.92. The quantitative estimate of drug-likeness (QED) is 0.825. The van der Waals surface area contributed by atoms with Gasteiger partial charge in [0.05, 0.1) is 8.99 Å². The standard InChI is InChI=1S/C10H16Br2O/c1-9(2)6(5-7(11)12)8(9)10(3,4)13/h5-6,8,13H,1-4H3. The Bertz CT molecular complexity index is 234. The Morgan fingerprint density at radius 2 is 1.85 bits per heavy atom. The highest BCUT2D eigenvalue weighted by Gasteiger charge is 2.62. The van der Waals surface area contributed by atoms with E-state index in [0.29, 0.717) is 11.8 Å². The van der Waals surface area contributed by atoms with Gasteiger partial charge < -0.3 is 5.11 Å². The average Bonchev–Trinajstić information content (AvgIpc) is 2.29. The fourth-order valence-electron chi connectivity index (χ4n) is 2.47. The lowest BCUT2D eigenvalue weighted by Crippen LogP contribution is -2.24. The summed E-state index contributed by atoms with van der Waals surface area (Å²) in [6, 6.07) is 0. The molecular weight excluding hydrogens is 296 g/mol. The van der Waals surface area contributed by atoms with Gasteiger partial charge in [-0.25, -0.2) is 0 Å². The minimum atomic E-state index is -0.583. The van der Waals surface area contributed by atoms with Crippen molar-refractivity contribution in [2.24, 2.45) is 17.3 Å². The van der Waals surface area contributed by atoms with E-state index in [0.717, 1.165) is 3.39 Å². The molecule has 0 aliphatic heterocycles. The van der Waals surface area contributed by atoms with Crippen LogP contribution in [0.3, 0.4) is 0 Å². The molecule has 1 aliphatic rings. The lowest BCUT2D eigenvalue weighted by molar-refractivity contribution is 0.0424. The Morgan fingerprint density at radius 1 is 1.38 bits per heavy atom. The molecule has 0 amide bonds. The van der Waals surface area contributed by atoms with E-state index in [1.807, 2.05) is 13.8 Å². The van der Waals surface area contributed by atoms with E-state index in [9.17, 15) is 5.11 Å². The Kier molecular flexibility index (Phi) is 3.03. The van der Waals surface area contributed by atoms with Gasteiger partial charge >= 0.3 is 0 Å². The third-order valence-corrected chi connectivity index (χ3v) is 3.51. The molecule has 2 unspecified atom stereocenters. The van der Waals surface area contributed by atoms with Gasteiger partial charge in [0.2, 0.25) is 0 Å². The van der Waals surface area contributed by atoms with Crippen LogP contribution in [-0.2, 0) is 0 Å². The predicted octanol–water partition coefficient (Wildman–Crippen LogP) is 3.66. The minimum absolute atomic E-state index is 0.213. The highest BCUT2D eigenvalue weighted by Crippen LogP contribution is 2.64. The molecule has 2 atom stereocenters. The van der Waals surface area contributed by atoms with Gasteiger partial charge in [-0.2, -0.15) is 0 Å². The molecule has 0 aromatic carbocycles. The van der Waals surface area contributed by atoms with Crippen molar-refractivity contribution in [2.45, 2.75) is 33.3 Å². The van der Waals surface area contributed by atoms with Crippen molar-refractivity contribution < 1.29 is 5.11 Å². The zero-order valence-electron chi connectivity index (χ0n) is 8.44. The monoisotopic (exact) mass is 310 g/mol. The summed E-state index contributed by atoms with van der Waals surface area (Å²) in [5.74, 6) is 0.811. The summed E-state index contributed by atoms with van der Waals surface area (Å²) in [4.78, 5) is 0. The first kappa shape index (κ1) is 11.7. The number of allylic oxidation sites excluding steroid dienone is 1. The topological polar surface area (TPSA) is 20.2 Å². The lowest BCUT2D eigenvalue weighted by atomic mass is 9.97. The largest absolute Gasteiger partial charge is 0.390 e. The van der Waals surface area contributed by atoms with E-state index in [1.54, 1.807) is 0 Å². The van der Waals surface area contributed by atoms with Gasteiger partial charge in [0.15, 0.2) is 0 Å². The summed E-state index contributed by atoms with van der Waals surface area (Å²) < 4.78 is 0.977. The first-order valence-corrected chi connectivity index (χ1v) is 6.01. The summed E-state index contributed by atoms with van der Waals surface area (Å²) in [6.45, 7) is 8.16. The van der Waals surface area contributed by atoms with E-state index in [4.69, 9.17) is 0 Å². The van der Waals surface area contributed by atoms with Crippen molar-refractivity contribution in [3.8, 4) is 0 Å². The molecular formula is C10H16Br2O. The highest BCUT2D eigenvalue weighted by atomic mass is 79.9. The minimum Gasteiger partial charge on any atom is -0.390 e. The second-order valence-electron chi connectivity index (χ2n) is 4.93. The van der Waals surface area contributed by atoms with Gasteiger partial charge in [0, 0.05) is 0 Å². The third kappa shape index (κ3) is 2.37. The van der Waals surface area contributed by atoms with E-state index in [2.05, 4.69) is 51.8 Å². The molecule has 3 heteroatoms. The van der Waals surface area contributed by atoms with Crippen molar-refractivity contribution in [3.63, 3.8) is 0 Å². The van der Waals surface area contributed by atoms with Crippen LogP contribution in [0.2, 0.25) is 0 Å². The van der Waals surface area contributed by atoms with Gasteiger partial charge in [-0.15, -0.1) is 0 Å². The van der Waals surface area contributed by atoms with E-state index in [1.165, 1.54) is 0 Å². The van der Waals surface area contributed by atoms with Crippen LogP contribution in [0, 0.1) is 17.3 Å². The second-order valence-corrected chi connectivity index (χ2v) is 7.71. The first-order valence-electron chi connectivity index (χ1n) is 4.42. The van der Waals surface area contributed by atoms with E-state index >= 15 is 0 Å². The van der Waals surface area contributed by atoms with Crippen molar-refractivity contribution in [1.82, 2.24) is 0 Å². The molecule has 0 bridgehead atoms. The fourth-order valence-corrected chi connectivity index (χ4v) is 3.04. The molecule has 1 rings (SSSR count). The van der Waals surface area contributed by atoms with Crippen molar-refractivity contribution in [3.05, 3.63) is 9.47 Å². The molecule has 13 heavy (non-hydrogen) atoms. The second kappa shape index (κ2) is 3.35. The van der Waals surface area contributed by atoms with Crippen molar-refractivity contribution in [2.75, 3.05) is 0 Å². The summed E-state index contributed by atoms with van der Waals surface area (Å²) in [5.41, 5.74) is -0.370. The summed E-state index contributed by atoms with van der Waals surface area (Å²) >= 11 is 6.71. The molecule has 1 nitrogen and oxygen atoms in total.